The summed E-state index contributed by atoms with van der Waals surface area (Å²) in [6, 6.07) is 62.8. The molecule has 2 unspecified atom stereocenters. The van der Waals surface area contributed by atoms with Gasteiger partial charge in [0.1, 0.15) is 5.75 Å². The van der Waals surface area contributed by atoms with E-state index >= 15 is 0 Å². The number of nitrogen functional groups attached to an aromatic ring is 3. The first-order chi connectivity index (χ1) is 43.9. The fraction of sp³-hybridized carbons (Fsp3) is 0.0882. The van der Waals surface area contributed by atoms with Crippen LogP contribution in [0.4, 0.5) is 17.1 Å². The Morgan fingerprint density at radius 2 is 0.925 bits per heavy atom. The van der Waals surface area contributed by atoms with Crippen LogP contribution in [0.25, 0.3) is 38.2 Å². The van der Waals surface area contributed by atoms with E-state index in [2.05, 4.69) is 62.4 Å². The van der Waals surface area contributed by atoms with Crippen molar-refractivity contribution in [3.63, 3.8) is 0 Å². The number of benzene rings is 10. The minimum absolute atomic E-state index is 0. The number of halogens is 6. The number of fused-ring (bicyclic) bond motifs is 9. The second kappa shape index (κ2) is 34.2. The number of rotatable bonds is 6. The van der Waals surface area contributed by atoms with E-state index in [1.165, 1.54) is 50.7 Å². The molecule has 0 saturated carbocycles. The number of anilines is 3. The molecule has 0 amide bonds. The van der Waals surface area contributed by atoms with Gasteiger partial charge in [-0.05, 0) is 93.2 Å². The van der Waals surface area contributed by atoms with Gasteiger partial charge in [0, 0.05) is 11.4 Å². The zero-order chi connectivity index (χ0) is 64.3. The molecule has 0 fully saturated rings. The molecule has 3 heterocycles. The van der Waals surface area contributed by atoms with Crippen LogP contribution in [0, 0.1) is 5.92 Å². The van der Waals surface area contributed by atoms with E-state index in [-0.39, 0.29) is 47.6 Å². The number of para-hydroxylation sites is 8. The van der Waals surface area contributed by atoms with Crippen LogP contribution >= 0.6 is 56.6 Å². The van der Waals surface area contributed by atoms with E-state index in [0.29, 0.717) is 0 Å². The van der Waals surface area contributed by atoms with Gasteiger partial charge in [0.25, 0.3) is 0 Å². The summed E-state index contributed by atoms with van der Waals surface area (Å²) < 4.78 is 38.9. The summed E-state index contributed by atoms with van der Waals surface area (Å²) in [7, 11) is 26.4. The molecule has 2 atom stereocenters. The Labute approximate surface area is 596 Å². The van der Waals surface area contributed by atoms with Crippen LogP contribution in [0.2, 0.25) is 0 Å². The molecule has 0 spiro atoms. The number of phenols is 3. The second-order valence-electron chi connectivity index (χ2n) is 20.4. The molecule has 5 aliphatic rings. The zero-order valence-electron chi connectivity index (χ0n) is 49.7. The molecule has 0 radical (unpaired) electrons. The van der Waals surface area contributed by atoms with Crippen molar-refractivity contribution in [2.75, 3.05) is 17.2 Å². The van der Waals surface area contributed by atoms with E-state index < -0.39 is 78.1 Å². The molecule has 2 aliphatic carbocycles. The Balaban J connectivity index is 0.000000163. The fourth-order valence-corrected chi connectivity index (χ4v) is 19.4. The monoisotopic (exact) mass is 1800 g/mol. The van der Waals surface area contributed by atoms with E-state index in [1.807, 2.05) is 133 Å². The SMILES string of the molecule is CCC1=C(c2ccc([O][121Sb]3[O]c4ccccc4[O]3)cc2)c2cc(N)ccc2C2C=CC(N)=CC12.CCc1c(-c2ccc(O)cc2)c2cc(N)ccc2c2ccc(N)cc12.Cl.N.Oc1ccccc1O.[Cl][121Sb]([Cl])[Cl].[Cl][Sb]1[O]c2ccccc2[O]1.[Cl][Sb]1[O]c2ccccc2[O]1. The van der Waals surface area contributed by atoms with Crippen LogP contribution in [0.3, 0.4) is 0 Å². The third kappa shape index (κ3) is 18.4. The van der Waals surface area contributed by atoms with Gasteiger partial charge in [0.15, 0.2) is 11.5 Å². The van der Waals surface area contributed by atoms with Gasteiger partial charge in [-0.1, -0.05) is 43.3 Å². The van der Waals surface area contributed by atoms with Crippen LogP contribution in [0.1, 0.15) is 48.4 Å². The van der Waals surface area contributed by atoms with E-state index in [4.69, 9.17) is 98.4 Å². The Morgan fingerprint density at radius 1 is 0.495 bits per heavy atom. The van der Waals surface area contributed by atoms with Gasteiger partial charge >= 0.3 is 393 Å². The number of hydrogen-bond acceptors (Lipinski definition) is 15. The Bertz CT molecular complexity index is 4180. The number of aryl methyl sites for hydroxylation is 1. The van der Waals surface area contributed by atoms with Crippen molar-refractivity contribution in [3.8, 4) is 68.6 Å². The van der Waals surface area contributed by atoms with Crippen LogP contribution in [-0.4, -0.2) is 93.4 Å². The number of phenolic OH excluding ortho intramolecular Hbond substituents is 3. The van der Waals surface area contributed by atoms with Crippen LogP contribution < -0.4 is 50.2 Å². The van der Waals surface area contributed by atoms with Crippen LogP contribution in [0.15, 0.2) is 230 Å². The van der Waals surface area contributed by atoms with Gasteiger partial charge < -0.3 is 32.9 Å². The average molecular weight is 1810 g/mol. The zero-order valence-corrected chi connectivity index (χ0v) is 64.5. The van der Waals surface area contributed by atoms with Crippen molar-refractivity contribution in [2.45, 2.75) is 32.6 Å². The summed E-state index contributed by atoms with van der Waals surface area (Å²) >= 11 is -9.33. The standard InChI is InChI=1S/C22H22N2O.C22H20N2O.4C6H6O2.6ClH.H3N.4Sb/c2*1-2-17-20-11-14(23)5-9-18(20)19-10-6-15(24)12-21(19)22(17)13-3-7-16(25)8-4-13;4*7-5-3-1-2-4-6(5)8;;;;;;;;;;;/h3-12,18,20,25H,2,23-24H2,1H3;3-12,25H,2,23-24H2,1H3;4*1-4,7-8H;6*1H;1H3;;;;/q;;;;;;;;;;;;;4*+3/p-12/i;;;;;;;;;;;;;2*1-1;;. The van der Waals surface area contributed by atoms with Crippen molar-refractivity contribution in [3.05, 3.63) is 252 Å². The molecule has 0 saturated heterocycles. The molecule has 482 valence electrons. The van der Waals surface area contributed by atoms with Gasteiger partial charge in [-0.2, -0.15) is 0 Å². The number of allylic oxidation sites excluding steroid dienone is 4. The summed E-state index contributed by atoms with van der Waals surface area (Å²) in [4.78, 5) is 0. The molecule has 0 aromatic heterocycles. The van der Waals surface area contributed by atoms with Gasteiger partial charge in [0.2, 0.25) is 0 Å². The summed E-state index contributed by atoms with van der Waals surface area (Å²) in [6.45, 7) is 4.36. The summed E-state index contributed by atoms with van der Waals surface area (Å²) in [5.74, 6) is 6.07. The van der Waals surface area contributed by atoms with E-state index in [0.717, 1.165) is 103 Å². The van der Waals surface area contributed by atoms with E-state index in [1.54, 1.807) is 24.3 Å². The topological polar surface area (TPSA) is 264 Å². The molecule has 15 rings (SSSR count). The fourth-order valence-electron chi connectivity index (χ4n) is 10.8. The van der Waals surface area contributed by atoms with Crippen molar-refractivity contribution >= 4 is 179 Å². The van der Waals surface area contributed by atoms with Crippen LogP contribution in [-0.2, 0) is 6.42 Å². The molecular weight excluding hydrogens is 1740 g/mol. The second-order valence-corrected chi connectivity index (χ2v) is 42.8. The molecular formula is C68H63Cl6N5O10Sb4. The van der Waals surface area contributed by atoms with Gasteiger partial charge in [-0.3, -0.25) is 0 Å². The van der Waals surface area contributed by atoms with Gasteiger partial charge in [0.05, 0.1) is 0 Å². The normalized spacial score (nSPS) is 15.1. The van der Waals surface area contributed by atoms with E-state index in [9.17, 15) is 5.11 Å². The first-order valence-corrected chi connectivity index (χ1v) is 51.6. The Kier molecular flexibility index (Phi) is 26.8. The molecule has 10 aromatic rings. The molecule has 10 aromatic carbocycles. The minimum atomic E-state index is -2.79. The van der Waals surface area contributed by atoms with Crippen molar-refractivity contribution in [1.82, 2.24) is 6.15 Å². The maximum absolute atomic E-state index is 9.66. The molecule has 93 heavy (non-hydrogen) atoms. The Morgan fingerprint density at radius 3 is 1.40 bits per heavy atom. The molecule has 14 N–H and O–H groups in total. The summed E-state index contributed by atoms with van der Waals surface area (Å²) in [5.41, 5.74) is 37.4. The van der Waals surface area contributed by atoms with Gasteiger partial charge in [-0.25, -0.2) is 0 Å². The quantitative estimate of drug-likeness (QED) is 0.0333. The van der Waals surface area contributed by atoms with Crippen molar-refractivity contribution < 1.29 is 36.4 Å². The predicted octanol–water partition coefficient (Wildman–Crippen LogP) is 17.3. The third-order valence-corrected chi connectivity index (χ3v) is 23.4. The molecule has 3 aliphatic heterocycles. The first-order valence-electron chi connectivity index (χ1n) is 28.2. The van der Waals surface area contributed by atoms with Crippen molar-refractivity contribution in [2.24, 2.45) is 11.7 Å². The number of nitrogens with two attached hydrogens (primary N) is 4. The molecule has 15 nitrogen and oxygen atoms in total. The first kappa shape index (κ1) is 72.9. The summed E-state index contributed by atoms with van der Waals surface area (Å²) in [5, 5.41) is 31.6. The molecule has 0 bridgehead atoms. The van der Waals surface area contributed by atoms with Crippen LogP contribution in [0.5, 0.6) is 57.5 Å². The van der Waals surface area contributed by atoms with Crippen molar-refractivity contribution in [1.29, 1.82) is 0 Å². The summed E-state index contributed by atoms with van der Waals surface area (Å²) in [6.07, 6.45) is 8.24. The maximum atomic E-state index is 9.66. The average Bonchev–Trinajstić information content (AvgIpc) is 1.54. The molecule has 25 heteroatoms. The third-order valence-electron chi connectivity index (χ3n) is 14.6. The number of hydrogen-bond donors (Lipinski definition) is 8. The Hall–Kier alpha value is -5.89. The van der Waals surface area contributed by atoms with Gasteiger partial charge in [-0.15, -0.1) is 12.4 Å². The number of aromatic hydroxyl groups is 3. The predicted molar refractivity (Wildman–Crippen MR) is 386 cm³/mol.